The molecule has 1 saturated carbocycles. The first kappa shape index (κ1) is 15.0. The third-order valence-corrected chi connectivity index (χ3v) is 5.11. The molecule has 108 valence electrons. The summed E-state index contributed by atoms with van der Waals surface area (Å²) in [4.78, 5) is 0.288. The van der Waals surface area contributed by atoms with Gasteiger partial charge in [-0.1, -0.05) is 25.7 Å². The van der Waals surface area contributed by atoms with Crippen molar-refractivity contribution >= 4 is 10.0 Å². The molecule has 5 heteroatoms. The molecule has 0 aromatic heterocycles. The van der Waals surface area contributed by atoms with E-state index >= 15 is 0 Å². The summed E-state index contributed by atoms with van der Waals surface area (Å²) in [6, 6.07) is 5.00. The fraction of sp³-hybridized carbons (Fsp3) is 0.467. The van der Waals surface area contributed by atoms with E-state index < -0.39 is 10.0 Å². The number of nitrogens with one attached hydrogen (secondary N) is 1. The summed E-state index contributed by atoms with van der Waals surface area (Å²) >= 11 is 0. The lowest BCUT2D eigenvalue weighted by molar-refractivity contribution is 0.555. The van der Waals surface area contributed by atoms with Crippen molar-refractivity contribution in [1.29, 1.82) is 0 Å². The molecule has 1 fully saturated rings. The molecule has 1 aromatic rings. The van der Waals surface area contributed by atoms with E-state index in [0.29, 0.717) is 0 Å². The second-order valence-electron chi connectivity index (χ2n) is 5.85. The van der Waals surface area contributed by atoms with E-state index in [0.717, 1.165) is 17.5 Å². The Balaban J connectivity index is 2.23. The molecule has 1 aliphatic rings. The summed E-state index contributed by atoms with van der Waals surface area (Å²) in [7, 11) is -3.45. The van der Waals surface area contributed by atoms with Gasteiger partial charge in [-0.15, -0.1) is 0 Å². The van der Waals surface area contributed by atoms with Crippen molar-refractivity contribution in [3.63, 3.8) is 0 Å². The van der Waals surface area contributed by atoms with E-state index in [1.807, 2.05) is 6.92 Å². The van der Waals surface area contributed by atoms with Crippen LogP contribution in [-0.2, 0) is 10.0 Å². The second-order valence-corrected chi connectivity index (χ2v) is 7.56. The van der Waals surface area contributed by atoms with E-state index in [-0.39, 0.29) is 22.9 Å². The van der Waals surface area contributed by atoms with Gasteiger partial charge in [0.1, 0.15) is 0 Å². The van der Waals surface area contributed by atoms with Crippen molar-refractivity contribution < 1.29 is 8.42 Å². The van der Waals surface area contributed by atoms with Crippen molar-refractivity contribution in [2.24, 2.45) is 11.1 Å². The predicted octanol–water partition coefficient (Wildman–Crippen LogP) is 1.38. The normalized spacial score (nSPS) is 20.1. The van der Waals surface area contributed by atoms with E-state index in [9.17, 15) is 8.42 Å². The van der Waals surface area contributed by atoms with E-state index in [1.165, 1.54) is 0 Å². The molecule has 2 rings (SSSR count). The van der Waals surface area contributed by atoms with Gasteiger partial charge in [0.2, 0.25) is 10.0 Å². The highest BCUT2D eigenvalue weighted by Crippen LogP contribution is 2.45. The number of benzene rings is 1. The smallest absolute Gasteiger partial charge is 0.240 e. The SMILES string of the molecule is Cc1cc(S(=O)(=O)NC2CC2(C)C)ccc1C#CCN. The Morgan fingerprint density at radius 2 is 2.10 bits per heavy atom. The summed E-state index contributed by atoms with van der Waals surface area (Å²) in [5.41, 5.74) is 7.04. The molecule has 4 nitrogen and oxygen atoms in total. The van der Waals surface area contributed by atoms with Crippen LogP contribution in [0.1, 0.15) is 31.4 Å². The molecule has 0 bridgehead atoms. The molecule has 3 N–H and O–H groups in total. The highest BCUT2D eigenvalue weighted by Gasteiger charge is 2.47. The predicted molar refractivity (Wildman–Crippen MR) is 79.6 cm³/mol. The zero-order valence-electron chi connectivity index (χ0n) is 12.0. The second kappa shape index (κ2) is 5.21. The summed E-state index contributed by atoms with van der Waals surface area (Å²) in [5, 5.41) is 0. The van der Waals surface area contributed by atoms with Gasteiger partial charge in [-0.3, -0.25) is 0 Å². The summed E-state index contributed by atoms with van der Waals surface area (Å²) in [6.07, 6.45) is 0.880. The number of aryl methyl sites for hydroxylation is 1. The van der Waals surface area contributed by atoms with Gasteiger partial charge >= 0.3 is 0 Å². The maximum absolute atomic E-state index is 12.3. The third kappa shape index (κ3) is 3.21. The first-order chi connectivity index (χ1) is 9.26. The Kier molecular flexibility index (Phi) is 3.92. The molecule has 1 unspecified atom stereocenters. The Labute approximate surface area is 120 Å². The standard InChI is InChI=1S/C15H20N2O2S/c1-11-9-13(7-6-12(11)5-4-8-16)20(18,19)17-14-10-15(14,2)3/h6-7,9,14,17H,8,10,16H2,1-3H3. The lowest BCUT2D eigenvalue weighted by Crippen LogP contribution is -2.28. The first-order valence-corrected chi connectivity index (χ1v) is 8.06. The van der Waals surface area contributed by atoms with Crippen LogP contribution in [0.15, 0.2) is 23.1 Å². The Bertz CT molecular complexity index is 682. The largest absolute Gasteiger partial charge is 0.320 e. The van der Waals surface area contributed by atoms with Crippen LogP contribution in [-0.4, -0.2) is 21.0 Å². The maximum atomic E-state index is 12.3. The van der Waals surface area contributed by atoms with Gasteiger partial charge in [0.25, 0.3) is 0 Å². The van der Waals surface area contributed by atoms with E-state index in [2.05, 4.69) is 30.4 Å². The van der Waals surface area contributed by atoms with Gasteiger partial charge in [-0.25, -0.2) is 13.1 Å². The first-order valence-electron chi connectivity index (χ1n) is 6.58. The van der Waals surface area contributed by atoms with Crippen molar-refractivity contribution in [3.05, 3.63) is 29.3 Å². The molecule has 0 radical (unpaired) electrons. The van der Waals surface area contributed by atoms with Crippen LogP contribution in [0.25, 0.3) is 0 Å². The number of nitrogens with two attached hydrogens (primary N) is 1. The van der Waals surface area contributed by atoms with E-state index in [4.69, 9.17) is 5.73 Å². The Morgan fingerprint density at radius 3 is 2.60 bits per heavy atom. The lowest BCUT2D eigenvalue weighted by Gasteiger charge is -2.09. The maximum Gasteiger partial charge on any atom is 0.240 e. The van der Waals surface area contributed by atoms with Gasteiger partial charge in [0.15, 0.2) is 0 Å². The molecule has 1 aliphatic carbocycles. The van der Waals surface area contributed by atoms with Crippen LogP contribution in [0, 0.1) is 24.2 Å². The van der Waals surface area contributed by atoms with Gasteiger partial charge in [-0.05, 0) is 42.5 Å². The summed E-state index contributed by atoms with van der Waals surface area (Å²) < 4.78 is 27.3. The zero-order valence-corrected chi connectivity index (χ0v) is 12.8. The van der Waals surface area contributed by atoms with Gasteiger partial charge in [0, 0.05) is 11.6 Å². The monoisotopic (exact) mass is 292 g/mol. The minimum atomic E-state index is -3.45. The van der Waals surface area contributed by atoms with Gasteiger partial charge in [-0.2, -0.15) is 0 Å². The Morgan fingerprint density at radius 1 is 1.45 bits per heavy atom. The van der Waals surface area contributed by atoms with Crippen molar-refractivity contribution in [2.75, 3.05) is 6.54 Å². The van der Waals surface area contributed by atoms with Crippen molar-refractivity contribution in [1.82, 2.24) is 4.72 Å². The molecule has 1 atom stereocenters. The average Bonchev–Trinajstić information content (AvgIpc) is 2.93. The molecule has 20 heavy (non-hydrogen) atoms. The van der Waals surface area contributed by atoms with E-state index in [1.54, 1.807) is 18.2 Å². The van der Waals surface area contributed by atoms with Crippen molar-refractivity contribution in [3.8, 4) is 11.8 Å². The third-order valence-electron chi connectivity index (χ3n) is 3.64. The topological polar surface area (TPSA) is 72.2 Å². The molecule has 0 heterocycles. The molecule has 1 aromatic carbocycles. The number of hydrogen-bond donors (Lipinski definition) is 2. The van der Waals surface area contributed by atoms with Crippen LogP contribution < -0.4 is 10.5 Å². The number of hydrogen-bond acceptors (Lipinski definition) is 3. The number of rotatable bonds is 3. The fourth-order valence-corrected chi connectivity index (χ4v) is 3.51. The molecule has 0 amide bonds. The highest BCUT2D eigenvalue weighted by molar-refractivity contribution is 7.89. The highest BCUT2D eigenvalue weighted by atomic mass is 32.2. The van der Waals surface area contributed by atoms with Crippen LogP contribution in [0.3, 0.4) is 0 Å². The van der Waals surface area contributed by atoms with Gasteiger partial charge in [0.05, 0.1) is 11.4 Å². The Hall–Kier alpha value is -1.35. The fourth-order valence-electron chi connectivity index (χ4n) is 2.01. The minimum absolute atomic E-state index is 0.0320. The zero-order chi connectivity index (χ0) is 15.0. The molecule has 0 spiro atoms. The lowest BCUT2D eigenvalue weighted by atomic mass is 10.1. The van der Waals surface area contributed by atoms with Crippen LogP contribution in [0.2, 0.25) is 0 Å². The summed E-state index contributed by atoms with van der Waals surface area (Å²) in [6.45, 7) is 6.24. The molecule has 0 aliphatic heterocycles. The summed E-state index contributed by atoms with van der Waals surface area (Å²) in [5.74, 6) is 5.70. The van der Waals surface area contributed by atoms with Crippen molar-refractivity contribution in [2.45, 2.75) is 38.1 Å². The molecular weight excluding hydrogens is 272 g/mol. The van der Waals surface area contributed by atoms with Crippen LogP contribution in [0.4, 0.5) is 0 Å². The average molecular weight is 292 g/mol. The number of sulfonamides is 1. The van der Waals surface area contributed by atoms with Gasteiger partial charge < -0.3 is 5.73 Å². The molecular formula is C15H20N2O2S. The quantitative estimate of drug-likeness (QED) is 0.827. The van der Waals surface area contributed by atoms with Crippen LogP contribution >= 0.6 is 0 Å². The van der Waals surface area contributed by atoms with Crippen LogP contribution in [0.5, 0.6) is 0 Å². The molecule has 0 saturated heterocycles. The minimum Gasteiger partial charge on any atom is -0.320 e.